The van der Waals surface area contributed by atoms with Crippen molar-refractivity contribution in [3.8, 4) is 0 Å². The van der Waals surface area contributed by atoms with Crippen molar-refractivity contribution in [3.63, 3.8) is 0 Å². The van der Waals surface area contributed by atoms with Gasteiger partial charge >= 0.3 is 0 Å². The molecule has 0 amide bonds. The van der Waals surface area contributed by atoms with Gasteiger partial charge in [0, 0.05) is 16.3 Å². The van der Waals surface area contributed by atoms with Crippen LogP contribution in [-0.4, -0.2) is 9.78 Å². The molecule has 1 atom stereocenters. The molecule has 17 heavy (non-hydrogen) atoms. The highest BCUT2D eigenvalue weighted by Crippen LogP contribution is 2.30. The van der Waals surface area contributed by atoms with E-state index in [1.165, 1.54) is 9.75 Å². The highest BCUT2D eigenvalue weighted by atomic mass is 79.9. The van der Waals surface area contributed by atoms with Crippen molar-refractivity contribution in [2.75, 3.05) is 0 Å². The van der Waals surface area contributed by atoms with E-state index in [2.05, 4.69) is 47.0 Å². The van der Waals surface area contributed by atoms with Crippen molar-refractivity contribution in [1.82, 2.24) is 9.78 Å². The summed E-state index contributed by atoms with van der Waals surface area (Å²) in [4.78, 5) is 2.47. The van der Waals surface area contributed by atoms with E-state index in [4.69, 9.17) is 5.73 Å². The van der Waals surface area contributed by atoms with E-state index in [1.807, 2.05) is 10.9 Å². The van der Waals surface area contributed by atoms with Crippen LogP contribution in [-0.2, 0) is 6.54 Å². The normalized spacial score (nSPS) is 12.9. The van der Waals surface area contributed by atoms with Gasteiger partial charge in [-0.15, -0.1) is 11.3 Å². The minimum Gasteiger partial charge on any atom is -0.318 e. The highest BCUT2D eigenvalue weighted by molar-refractivity contribution is 9.10. The zero-order valence-corrected chi connectivity index (χ0v) is 12.4. The number of hydrogen-bond acceptors (Lipinski definition) is 3. The molecule has 2 aromatic heterocycles. The summed E-state index contributed by atoms with van der Waals surface area (Å²) in [5.41, 5.74) is 7.39. The molecule has 0 aliphatic heterocycles. The SMILES string of the molecule is CCCn1ncc(Br)c1C(N)c1ccc(C)s1. The standard InChI is InChI=1S/C12H16BrN3S/c1-3-6-16-12(9(13)7-15-16)11(14)10-5-4-8(2)17-10/h4-5,7,11H,3,6,14H2,1-2H3. The van der Waals surface area contributed by atoms with E-state index in [9.17, 15) is 0 Å². The number of aryl methyl sites for hydroxylation is 2. The summed E-state index contributed by atoms with van der Waals surface area (Å²) in [6.07, 6.45) is 2.88. The Labute approximate surface area is 114 Å². The lowest BCUT2D eigenvalue weighted by Crippen LogP contribution is -2.17. The largest absolute Gasteiger partial charge is 0.318 e. The van der Waals surface area contributed by atoms with Gasteiger partial charge in [-0.2, -0.15) is 5.10 Å². The molecule has 1 unspecified atom stereocenters. The Morgan fingerprint density at radius 3 is 2.88 bits per heavy atom. The molecule has 0 aliphatic rings. The van der Waals surface area contributed by atoms with Crippen molar-refractivity contribution in [3.05, 3.63) is 38.3 Å². The van der Waals surface area contributed by atoms with Crippen molar-refractivity contribution in [1.29, 1.82) is 0 Å². The van der Waals surface area contributed by atoms with Crippen LogP contribution in [0.1, 0.15) is 34.8 Å². The lowest BCUT2D eigenvalue weighted by atomic mass is 10.2. The molecule has 0 spiro atoms. The summed E-state index contributed by atoms with van der Waals surface area (Å²) in [5.74, 6) is 0. The van der Waals surface area contributed by atoms with E-state index in [1.54, 1.807) is 11.3 Å². The second kappa shape index (κ2) is 5.33. The van der Waals surface area contributed by atoms with Gasteiger partial charge in [-0.3, -0.25) is 4.68 Å². The van der Waals surface area contributed by atoms with Crippen LogP contribution in [0.25, 0.3) is 0 Å². The van der Waals surface area contributed by atoms with Gasteiger partial charge < -0.3 is 5.73 Å². The van der Waals surface area contributed by atoms with E-state index < -0.39 is 0 Å². The third-order valence-corrected chi connectivity index (χ3v) is 4.33. The van der Waals surface area contributed by atoms with Crippen molar-refractivity contribution in [2.45, 2.75) is 32.9 Å². The van der Waals surface area contributed by atoms with Crippen LogP contribution in [0, 0.1) is 6.92 Å². The van der Waals surface area contributed by atoms with E-state index in [0.717, 1.165) is 23.1 Å². The van der Waals surface area contributed by atoms with Gasteiger partial charge in [0.25, 0.3) is 0 Å². The zero-order valence-electron chi connectivity index (χ0n) is 9.98. The molecule has 0 radical (unpaired) electrons. The van der Waals surface area contributed by atoms with Crippen LogP contribution >= 0.6 is 27.3 Å². The molecular formula is C12H16BrN3S. The Morgan fingerprint density at radius 2 is 2.29 bits per heavy atom. The lowest BCUT2D eigenvalue weighted by molar-refractivity contribution is 0.560. The molecule has 0 saturated carbocycles. The van der Waals surface area contributed by atoms with Gasteiger partial charge in [-0.25, -0.2) is 0 Å². The number of aromatic nitrogens is 2. The van der Waals surface area contributed by atoms with Crippen LogP contribution in [0.15, 0.2) is 22.8 Å². The van der Waals surface area contributed by atoms with Crippen LogP contribution in [0.3, 0.4) is 0 Å². The maximum absolute atomic E-state index is 6.33. The van der Waals surface area contributed by atoms with Gasteiger partial charge in [0.05, 0.1) is 22.4 Å². The third-order valence-electron chi connectivity index (χ3n) is 2.63. The fourth-order valence-electron chi connectivity index (χ4n) is 1.83. The molecule has 0 saturated heterocycles. The molecule has 5 heteroatoms. The summed E-state index contributed by atoms with van der Waals surface area (Å²) in [6, 6.07) is 4.10. The van der Waals surface area contributed by atoms with Gasteiger partial charge in [-0.05, 0) is 41.4 Å². The van der Waals surface area contributed by atoms with Gasteiger partial charge in [-0.1, -0.05) is 6.92 Å². The Balaban J connectivity index is 2.35. The first-order chi connectivity index (χ1) is 8.13. The number of nitrogens with two attached hydrogens (primary N) is 1. The number of nitrogens with zero attached hydrogens (tertiary/aromatic N) is 2. The monoisotopic (exact) mass is 313 g/mol. The fraction of sp³-hybridized carbons (Fsp3) is 0.417. The minimum atomic E-state index is -0.0999. The molecule has 3 nitrogen and oxygen atoms in total. The Hall–Kier alpha value is -0.650. The average Bonchev–Trinajstić information content (AvgIpc) is 2.86. The van der Waals surface area contributed by atoms with Crippen LogP contribution in [0.2, 0.25) is 0 Å². The van der Waals surface area contributed by atoms with Gasteiger partial charge in [0.2, 0.25) is 0 Å². The summed E-state index contributed by atoms with van der Waals surface area (Å²) >= 11 is 5.28. The number of hydrogen-bond donors (Lipinski definition) is 1. The Bertz CT molecular complexity index is 504. The Morgan fingerprint density at radius 1 is 1.53 bits per heavy atom. The van der Waals surface area contributed by atoms with Crippen LogP contribution in [0.5, 0.6) is 0 Å². The molecule has 2 rings (SSSR count). The second-order valence-corrected chi connectivity index (χ2v) is 6.20. The van der Waals surface area contributed by atoms with Crippen molar-refractivity contribution >= 4 is 27.3 Å². The molecule has 0 aromatic carbocycles. The highest BCUT2D eigenvalue weighted by Gasteiger charge is 2.19. The first-order valence-corrected chi connectivity index (χ1v) is 7.27. The molecular weight excluding hydrogens is 298 g/mol. The van der Waals surface area contributed by atoms with Crippen molar-refractivity contribution in [2.24, 2.45) is 5.73 Å². The summed E-state index contributed by atoms with van der Waals surface area (Å²) in [6.45, 7) is 5.14. The van der Waals surface area contributed by atoms with Crippen molar-refractivity contribution < 1.29 is 0 Å². The second-order valence-electron chi connectivity index (χ2n) is 4.03. The number of halogens is 1. The van der Waals surface area contributed by atoms with Crippen LogP contribution < -0.4 is 5.73 Å². The lowest BCUT2D eigenvalue weighted by Gasteiger charge is -2.13. The maximum atomic E-state index is 6.33. The Kier molecular flexibility index (Phi) is 4.01. The minimum absolute atomic E-state index is 0.0999. The van der Waals surface area contributed by atoms with Gasteiger partial charge in [0.1, 0.15) is 0 Å². The first-order valence-electron chi connectivity index (χ1n) is 5.66. The van der Waals surface area contributed by atoms with E-state index in [-0.39, 0.29) is 6.04 Å². The smallest absolute Gasteiger partial charge is 0.0828 e. The summed E-state index contributed by atoms with van der Waals surface area (Å²) in [5, 5.41) is 4.35. The zero-order chi connectivity index (χ0) is 12.4. The molecule has 2 N–H and O–H groups in total. The first kappa shape index (κ1) is 12.8. The molecule has 0 bridgehead atoms. The topological polar surface area (TPSA) is 43.8 Å². The molecule has 0 fully saturated rings. The van der Waals surface area contributed by atoms with Gasteiger partial charge in [0.15, 0.2) is 0 Å². The van der Waals surface area contributed by atoms with Crippen LogP contribution in [0.4, 0.5) is 0 Å². The average molecular weight is 314 g/mol. The third kappa shape index (κ3) is 2.61. The molecule has 92 valence electrons. The molecule has 0 aliphatic carbocycles. The summed E-state index contributed by atoms with van der Waals surface area (Å²) in [7, 11) is 0. The predicted molar refractivity (Wildman–Crippen MR) is 75.3 cm³/mol. The fourth-order valence-corrected chi connectivity index (χ4v) is 3.25. The quantitative estimate of drug-likeness (QED) is 0.939. The predicted octanol–water partition coefficient (Wildman–Crippen LogP) is 3.47. The maximum Gasteiger partial charge on any atom is 0.0828 e. The number of rotatable bonds is 4. The molecule has 2 aromatic rings. The number of thiophene rings is 1. The van der Waals surface area contributed by atoms with E-state index >= 15 is 0 Å². The van der Waals surface area contributed by atoms with E-state index in [0.29, 0.717) is 0 Å². The molecule has 2 heterocycles. The summed E-state index contributed by atoms with van der Waals surface area (Å²) < 4.78 is 2.98.